The van der Waals surface area contributed by atoms with Gasteiger partial charge < -0.3 is 4.90 Å². The molecule has 5 heteroatoms. The molecule has 0 spiro atoms. The Morgan fingerprint density at radius 2 is 1.68 bits per heavy atom. The number of piperazine rings is 1. The third-order valence-electron chi connectivity index (χ3n) is 5.38. The lowest BCUT2D eigenvalue weighted by Crippen LogP contribution is -2.50. The van der Waals surface area contributed by atoms with Crippen LogP contribution in [0, 0.1) is 0 Å². The Balaban J connectivity index is 1.57. The molecular weight excluding hydrogens is 348 g/mol. The van der Waals surface area contributed by atoms with Gasteiger partial charge in [0.05, 0.1) is 17.6 Å². The van der Waals surface area contributed by atoms with Crippen LogP contribution in [0.5, 0.6) is 0 Å². The van der Waals surface area contributed by atoms with E-state index in [-0.39, 0.29) is 5.91 Å². The maximum Gasteiger partial charge on any atom is 0.254 e. The SMILES string of the molecule is CC(C)N1CCN(C(=O)c2cccc(-n3nccc3-c3ccccc3)c2)CC1. The first-order valence-electron chi connectivity index (χ1n) is 9.87. The predicted octanol–water partition coefficient (Wildman–Crippen LogP) is 3.71. The maximum absolute atomic E-state index is 13.0. The van der Waals surface area contributed by atoms with E-state index in [1.165, 1.54) is 0 Å². The van der Waals surface area contributed by atoms with Crippen molar-refractivity contribution in [3.8, 4) is 16.9 Å². The molecule has 5 nitrogen and oxygen atoms in total. The molecule has 3 aromatic rings. The van der Waals surface area contributed by atoms with Crippen LogP contribution in [-0.2, 0) is 0 Å². The number of rotatable bonds is 4. The summed E-state index contributed by atoms with van der Waals surface area (Å²) in [4.78, 5) is 17.4. The number of benzene rings is 2. The van der Waals surface area contributed by atoms with Crippen LogP contribution in [0.3, 0.4) is 0 Å². The molecule has 1 fully saturated rings. The van der Waals surface area contributed by atoms with Crippen molar-refractivity contribution in [1.29, 1.82) is 0 Å². The zero-order valence-electron chi connectivity index (χ0n) is 16.5. The lowest BCUT2D eigenvalue weighted by Gasteiger charge is -2.37. The van der Waals surface area contributed by atoms with Gasteiger partial charge in [-0.15, -0.1) is 0 Å². The van der Waals surface area contributed by atoms with Crippen LogP contribution in [-0.4, -0.2) is 57.7 Å². The smallest absolute Gasteiger partial charge is 0.254 e. The fourth-order valence-corrected chi connectivity index (χ4v) is 3.73. The Hall–Kier alpha value is -2.92. The van der Waals surface area contributed by atoms with Crippen LogP contribution >= 0.6 is 0 Å². The number of carbonyl (C=O) groups is 1. The highest BCUT2D eigenvalue weighted by Crippen LogP contribution is 2.23. The number of aromatic nitrogens is 2. The van der Waals surface area contributed by atoms with E-state index in [0.717, 1.165) is 43.1 Å². The lowest BCUT2D eigenvalue weighted by atomic mass is 10.1. The van der Waals surface area contributed by atoms with Crippen LogP contribution in [0.4, 0.5) is 0 Å². The summed E-state index contributed by atoms with van der Waals surface area (Å²) in [6.07, 6.45) is 1.79. The molecule has 1 aromatic heterocycles. The van der Waals surface area contributed by atoms with Crippen molar-refractivity contribution in [2.75, 3.05) is 26.2 Å². The largest absolute Gasteiger partial charge is 0.336 e. The summed E-state index contributed by atoms with van der Waals surface area (Å²) < 4.78 is 1.89. The Kier molecular flexibility index (Phi) is 5.26. The molecule has 2 heterocycles. The molecule has 0 radical (unpaired) electrons. The van der Waals surface area contributed by atoms with Crippen LogP contribution in [0.1, 0.15) is 24.2 Å². The molecule has 1 saturated heterocycles. The van der Waals surface area contributed by atoms with Gasteiger partial charge in [0.25, 0.3) is 5.91 Å². The number of carbonyl (C=O) groups excluding carboxylic acids is 1. The first-order valence-corrected chi connectivity index (χ1v) is 9.87. The fourth-order valence-electron chi connectivity index (χ4n) is 3.73. The van der Waals surface area contributed by atoms with Crippen molar-refractivity contribution in [3.05, 3.63) is 72.4 Å². The average molecular weight is 374 g/mol. The van der Waals surface area contributed by atoms with Crippen molar-refractivity contribution in [2.24, 2.45) is 0 Å². The van der Waals surface area contributed by atoms with Gasteiger partial charge in [0.2, 0.25) is 0 Å². The minimum absolute atomic E-state index is 0.0960. The lowest BCUT2D eigenvalue weighted by molar-refractivity contribution is 0.0595. The molecule has 2 aromatic carbocycles. The molecule has 0 saturated carbocycles. The molecule has 1 aliphatic heterocycles. The highest BCUT2D eigenvalue weighted by molar-refractivity contribution is 5.95. The summed E-state index contributed by atoms with van der Waals surface area (Å²) in [7, 11) is 0. The molecule has 0 unspecified atom stereocenters. The van der Waals surface area contributed by atoms with Crippen LogP contribution in [0.2, 0.25) is 0 Å². The van der Waals surface area contributed by atoms with E-state index in [1.807, 2.05) is 58.1 Å². The molecule has 0 bridgehead atoms. The van der Waals surface area contributed by atoms with Gasteiger partial charge in [-0.05, 0) is 38.1 Å². The van der Waals surface area contributed by atoms with E-state index in [9.17, 15) is 4.79 Å². The van der Waals surface area contributed by atoms with Crippen LogP contribution in [0.25, 0.3) is 16.9 Å². The minimum Gasteiger partial charge on any atom is -0.336 e. The van der Waals surface area contributed by atoms with Gasteiger partial charge in [-0.2, -0.15) is 5.10 Å². The minimum atomic E-state index is 0.0960. The van der Waals surface area contributed by atoms with E-state index in [2.05, 4.69) is 36.0 Å². The van der Waals surface area contributed by atoms with Gasteiger partial charge in [-0.1, -0.05) is 36.4 Å². The van der Waals surface area contributed by atoms with E-state index >= 15 is 0 Å². The van der Waals surface area contributed by atoms with Gasteiger partial charge in [-0.25, -0.2) is 4.68 Å². The summed E-state index contributed by atoms with van der Waals surface area (Å²) >= 11 is 0. The second kappa shape index (κ2) is 7.98. The molecule has 0 atom stereocenters. The topological polar surface area (TPSA) is 41.4 Å². The van der Waals surface area contributed by atoms with Crippen molar-refractivity contribution in [3.63, 3.8) is 0 Å². The van der Waals surface area contributed by atoms with E-state index in [4.69, 9.17) is 0 Å². The van der Waals surface area contributed by atoms with Crippen molar-refractivity contribution in [1.82, 2.24) is 19.6 Å². The number of hydrogen-bond donors (Lipinski definition) is 0. The van der Waals surface area contributed by atoms with E-state index in [0.29, 0.717) is 11.6 Å². The highest BCUT2D eigenvalue weighted by Gasteiger charge is 2.23. The molecule has 144 valence electrons. The second-order valence-electron chi connectivity index (χ2n) is 7.47. The summed E-state index contributed by atoms with van der Waals surface area (Å²) in [5, 5.41) is 4.49. The number of nitrogens with zero attached hydrogens (tertiary/aromatic N) is 4. The molecule has 0 aliphatic carbocycles. The molecular formula is C23H26N4O. The van der Waals surface area contributed by atoms with Crippen molar-refractivity contribution < 1.29 is 4.79 Å². The monoisotopic (exact) mass is 374 g/mol. The Bertz CT molecular complexity index is 940. The Morgan fingerprint density at radius 3 is 2.39 bits per heavy atom. The average Bonchev–Trinajstić information content (AvgIpc) is 3.24. The van der Waals surface area contributed by atoms with E-state index < -0.39 is 0 Å². The molecule has 28 heavy (non-hydrogen) atoms. The summed E-state index contributed by atoms with van der Waals surface area (Å²) in [5.41, 5.74) is 3.72. The third kappa shape index (κ3) is 3.71. The van der Waals surface area contributed by atoms with Gasteiger partial charge in [0, 0.05) is 43.3 Å². The van der Waals surface area contributed by atoms with Gasteiger partial charge in [0.1, 0.15) is 0 Å². The number of amides is 1. The van der Waals surface area contributed by atoms with E-state index in [1.54, 1.807) is 6.20 Å². The normalized spacial score (nSPS) is 15.2. The Morgan fingerprint density at radius 1 is 0.929 bits per heavy atom. The maximum atomic E-state index is 13.0. The van der Waals surface area contributed by atoms with Crippen molar-refractivity contribution >= 4 is 5.91 Å². The summed E-state index contributed by atoms with van der Waals surface area (Å²) in [6, 6.07) is 20.5. The third-order valence-corrected chi connectivity index (χ3v) is 5.38. The predicted molar refractivity (Wildman–Crippen MR) is 112 cm³/mol. The highest BCUT2D eigenvalue weighted by atomic mass is 16.2. The molecule has 0 N–H and O–H groups in total. The zero-order chi connectivity index (χ0) is 19.5. The molecule has 1 amide bonds. The quantitative estimate of drug-likeness (QED) is 0.699. The summed E-state index contributed by atoms with van der Waals surface area (Å²) in [6.45, 7) is 7.82. The van der Waals surface area contributed by atoms with Crippen LogP contribution < -0.4 is 0 Å². The van der Waals surface area contributed by atoms with Crippen molar-refractivity contribution in [2.45, 2.75) is 19.9 Å². The first-order chi connectivity index (χ1) is 13.6. The fraction of sp³-hybridized carbons (Fsp3) is 0.304. The number of hydrogen-bond acceptors (Lipinski definition) is 3. The van der Waals surface area contributed by atoms with Gasteiger partial charge >= 0.3 is 0 Å². The van der Waals surface area contributed by atoms with Gasteiger partial charge in [0.15, 0.2) is 0 Å². The molecule has 1 aliphatic rings. The van der Waals surface area contributed by atoms with Gasteiger partial charge in [-0.3, -0.25) is 9.69 Å². The molecule has 4 rings (SSSR count). The first kappa shape index (κ1) is 18.4. The Labute approximate surface area is 166 Å². The summed E-state index contributed by atoms with van der Waals surface area (Å²) in [5.74, 6) is 0.0960. The standard InChI is InChI=1S/C23H26N4O/c1-18(2)25-13-15-26(16-14-25)23(28)20-9-6-10-21(17-20)27-22(11-12-24-27)19-7-4-3-5-8-19/h3-12,17-18H,13-16H2,1-2H3. The second-order valence-corrected chi connectivity index (χ2v) is 7.47. The van der Waals surface area contributed by atoms with Crippen LogP contribution in [0.15, 0.2) is 66.9 Å². The zero-order valence-corrected chi connectivity index (χ0v) is 16.5.